The van der Waals surface area contributed by atoms with E-state index in [0.717, 1.165) is 32.1 Å². The minimum atomic E-state index is -4.08. The first kappa shape index (κ1) is 13.2. The Balaban J connectivity index is 1.92. The monoisotopic (exact) mass is 250 g/mol. The lowest BCUT2D eigenvalue weighted by molar-refractivity contribution is -0.189. The Labute approximate surface area is 100 Å². The fourth-order valence-electron chi connectivity index (χ4n) is 3.52. The third-order valence-corrected chi connectivity index (χ3v) is 4.54. The van der Waals surface area contributed by atoms with Crippen LogP contribution in [0.25, 0.3) is 0 Å². The standard InChI is InChI=1S/C13H21F3O/c14-13(15,16)11-7-3-6-10(8-11)12(17)9-4-1-2-5-9/h9-12,17H,1-8H2. The first-order chi connectivity index (χ1) is 7.98. The Kier molecular flexibility index (Phi) is 4.01. The van der Waals surface area contributed by atoms with Crippen molar-refractivity contribution in [2.75, 3.05) is 0 Å². The highest BCUT2D eigenvalue weighted by Gasteiger charge is 2.44. The molecular formula is C13H21F3O. The quantitative estimate of drug-likeness (QED) is 0.788. The Morgan fingerprint density at radius 1 is 0.882 bits per heavy atom. The molecule has 1 N–H and O–H groups in total. The zero-order valence-corrected chi connectivity index (χ0v) is 10.0. The number of rotatable bonds is 2. The summed E-state index contributed by atoms with van der Waals surface area (Å²) in [5.41, 5.74) is 0. The van der Waals surface area contributed by atoms with Crippen LogP contribution in [0.15, 0.2) is 0 Å². The average molecular weight is 250 g/mol. The van der Waals surface area contributed by atoms with Crippen LogP contribution in [-0.4, -0.2) is 17.4 Å². The molecule has 4 heteroatoms. The molecule has 0 heterocycles. The maximum atomic E-state index is 12.7. The number of aliphatic hydroxyl groups excluding tert-OH is 1. The van der Waals surface area contributed by atoms with Gasteiger partial charge in [-0.15, -0.1) is 0 Å². The number of aliphatic hydroxyl groups is 1. The SMILES string of the molecule is OC(C1CCCC1)C1CCCC(C(F)(F)F)C1. The summed E-state index contributed by atoms with van der Waals surface area (Å²) in [6.07, 6.45) is 1.43. The van der Waals surface area contributed by atoms with Gasteiger partial charge in [-0.3, -0.25) is 0 Å². The van der Waals surface area contributed by atoms with E-state index >= 15 is 0 Å². The van der Waals surface area contributed by atoms with Crippen LogP contribution in [-0.2, 0) is 0 Å². The van der Waals surface area contributed by atoms with Crippen molar-refractivity contribution < 1.29 is 18.3 Å². The Hall–Kier alpha value is -0.250. The first-order valence-electron chi connectivity index (χ1n) is 6.73. The normalized spacial score (nSPS) is 33.9. The van der Waals surface area contributed by atoms with E-state index in [2.05, 4.69) is 0 Å². The van der Waals surface area contributed by atoms with Crippen LogP contribution in [0.3, 0.4) is 0 Å². The number of alkyl halides is 3. The first-order valence-corrected chi connectivity index (χ1v) is 6.73. The van der Waals surface area contributed by atoms with Crippen LogP contribution in [0, 0.1) is 17.8 Å². The third kappa shape index (κ3) is 3.15. The second-order valence-corrected chi connectivity index (χ2v) is 5.70. The van der Waals surface area contributed by atoms with Gasteiger partial charge in [0.15, 0.2) is 0 Å². The van der Waals surface area contributed by atoms with Crippen molar-refractivity contribution in [3.63, 3.8) is 0 Å². The number of hydrogen-bond acceptors (Lipinski definition) is 1. The van der Waals surface area contributed by atoms with Crippen molar-refractivity contribution in [3.05, 3.63) is 0 Å². The van der Waals surface area contributed by atoms with Crippen LogP contribution < -0.4 is 0 Å². The average Bonchev–Trinajstić information content (AvgIpc) is 2.80. The molecule has 17 heavy (non-hydrogen) atoms. The van der Waals surface area contributed by atoms with E-state index in [1.807, 2.05) is 0 Å². The van der Waals surface area contributed by atoms with E-state index in [9.17, 15) is 18.3 Å². The predicted octanol–water partition coefficient (Wildman–Crippen LogP) is 3.91. The summed E-state index contributed by atoms with van der Waals surface area (Å²) < 4.78 is 38.0. The zero-order valence-electron chi connectivity index (χ0n) is 10.0. The molecule has 2 aliphatic carbocycles. The van der Waals surface area contributed by atoms with Gasteiger partial charge in [0.2, 0.25) is 0 Å². The van der Waals surface area contributed by atoms with E-state index in [-0.39, 0.29) is 24.7 Å². The molecule has 3 atom stereocenters. The minimum absolute atomic E-state index is 0.126. The zero-order chi connectivity index (χ0) is 12.5. The second kappa shape index (κ2) is 5.17. The van der Waals surface area contributed by atoms with Gasteiger partial charge in [-0.1, -0.05) is 19.3 Å². The summed E-state index contributed by atoms with van der Waals surface area (Å²) in [6, 6.07) is 0. The van der Waals surface area contributed by atoms with Gasteiger partial charge in [-0.2, -0.15) is 13.2 Å². The highest BCUT2D eigenvalue weighted by atomic mass is 19.4. The summed E-state index contributed by atoms with van der Waals surface area (Å²) in [6.45, 7) is 0. The van der Waals surface area contributed by atoms with Crippen LogP contribution >= 0.6 is 0 Å². The third-order valence-electron chi connectivity index (χ3n) is 4.54. The van der Waals surface area contributed by atoms with Gasteiger partial charge in [-0.05, 0) is 43.9 Å². The maximum absolute atomic E-state index is 12.7. The lowest BCUT2D eigenvalue weighted by atomic mass is 9.75. The maximum Gasteiger partial charge on any atom is 0.391 e. The summed E-state index contributed by atoms with van der Waals surface area (Å²) in [4.78, 5) is 0. The molecule has 0 aromatic rings. The summed E-state index contributed by atoms with van der Waals surface area (Å²) in [7, 11) is 0. The van der Waals surface area contributed by atoms with Gasteiger partial charge in [0, 0.05) is 0 Å². The van der Waals surface area contributed by atoms with E-state index in [1.165, 1.54) is 0 Å². The van der Waals surface area contributed by atoms with Gasteiger partial charge >= 0.3 is 6.18 Å². The Morgan fingerprint density at radius 2 is 1.47 bits per heavy atom. The van der Waals surface area contributed by atoms with E-state index in [0.29, 0.717) is 6.42 Å². The van der Waals surface area contributed by atoms with Crippen molar-refractivity contribution in [2.24, 2.45) is 17.8 Å². The van der Waals surface area contributed by atoms with Gasteiger partial charge in [0.1, 0.15) is 0 Å². The fourth-order valence-corrected chi connectivity index (χ4v) is 3.52. The lowest BCUT2D eigenvalue weighted by Crippen LogP contribution is -2.36. The van der Waals surface area contributed by atoms with Crippen LogP contribution in [0.1, 0.15) is 51.4 Å². The fraction of sp³-hybridized carbons (Fsp3) is 1.00. The molecule has 2 aliphatic rings. The summed E-state index contributed by atoms with van der Waals surface area (Å²) >= 11 is 0. The van der Waals surface area contributed by atoms with Crippen molar-refractivity contribution in [3.8, 4) is 0 Å². The van der Waals surface area contributed by atoms with E-state index in [1.54, 1.807) is 0 Å². The van der Waals surface area contributed by atoms with Crippen molar-refractivity contribution in [1.82, 2.24) is 0 Å². The van der Waals surface area contributed by atoms with Crippen LogP contribution in [0.4, 0.5) is 13.2 Å². The highest BCUT2D eigenvalue weighted by molar-refractivity contribution is 4.86. The Bertz CT molecular complexity index is 246. The molecule has 0 radical (unpaired) electrons. The van der Waals surface area contributed by atoms with Crippen molar-refractivity contribution >= 4 is 0 Å². The van der Waals surface area contributed by atoms with E-state index in [4.69, 9.17) is 0 Å². The largest absolute Gasteiger partial charge is 0.393 e. The molecule has 2 rings (SSSR count). The van der Waals surface area contributed by atoms with Gasteiger partial charge in [-0.25, -0.2) is 0 Å². The topological polar surface area (TPSA) is 20.2 Å². The molecule has 100 valence electrons. The molecule has 2 saturated carbocycles. The molecular weight excluding hydrogens is 229 g/mol. The van der Waals surface area contributed by atoms with Gasteiger partial charge in [0.05, 0.1) is 12.0 Å². The summed E-state index contributed by atoms with van der Waals surface area (Å²) in [5, 5.41) is 10.2. The molecule has 1 nitrogen and oxygen atoms in total. The van der Waals surface area contributed by atoms with Crippen LogP contribution in [0.2, 0.25) is 0 Å². The van der Waals surface area contributed by atoms with Gasteiger partial charge in [0.25, 0.3) is 0 Å². The van der Waals surface area contributed by atoms with Crippen molar-refractivity contribution in [2.45, 2.75) is 63.6 Å². The molecule has 0 aromatic carbocycles. The van der Waals surface area contributed by atoms with Crippen LogP contribution in [0.5, 0.6) is 0 Å². The van der Waals surface area contributed by atoms with Crippen molar-refractivity contribution in [1.29, 1.82) is 0 Å². The highest BCUT2D eigenvalue weighted by Crippen LogP contribution is 2.43. The molecule has 0 spiro atoms. The minimum Gasteiger partial charge on any atom is -0.393 e. The molecule has 0 bridgehead atoms. The van der Waals surface area contributed by atoms with Gasteiger partial charge < -0.3 is 5.11 Å². The van der Waals surface area contributed by atoms with E-state index < -0.39 is 18.2 Å². The summed E-state index contributed by atoms with van der Waals surface area (Å²) in [5.74, 6) is -1.05. The second-order valence-electron chi connectivity index (χ2n) is 5.70. The number of halogens is 3. The molecule has 0 saturated heterocycles. The molecule has 3 unspecified atom stereocenters. The molecule has 0 amide bonds. The molecule has 0 aliphatic heterocycles. The smallest absolute Gasteiger partial charge is 0.391 e. The molecule has 2 fully saturated rings. The lowest BCUT2D eigenvalue weighted by Gasteiger charge is -2.35. The predicted molar refractivity (Wildman–Crippen MR) is 59.5 cm³/mol. The number of hydrogen-bond donors (Lipinski definition) is 1. The molecule has 0 aromatic heterocycles. The Morgan fingerprint density at radius 3 is 2.06 bits per heavy atom.